The van der Waals surface area contributed by atoms with Crippen LogP contribution < -0.4 is 5.32 Å². The molecule has 1 heterocycles. The highest BCUT2D eigenvalue weighted by molar-refractivity contribution is 4.81. The van der Waals surface area contributed by atoms with E-state index in [1.807, 2.05) is 0 Å². The molecule has 0 saturated carbocycles. The van der Waals surface area contributed by atoms with Crippen LogP contribution in [-0.4, -0.2) is 36.6 Å². The third-order valence-corrected chi connectivity index (χ3v) is 4.25. The molecule has 2 heteroatoms. The Bertz CT molecular complexity index is 207. The van der Waals surface area contributed by atoms with Gasteiger partial charge in [0.25, 0.3) is 0 Å². The van der Waals surface area contributed by atoms with Crippen molar-refractivity contribution >= 4 is 0 Å². The summed E-state index contributed by atoms with van der Waals surface area (Å²) in [6.45, 7) is 15.5. The smallest absolute Gasteiger partial charge is 0.00704 e. The Morgan fingerprint density at radius 1 is 1.11 bits per heavy atom. The minimum absolute atomic E-state index is 0.661. The zero-order valence-corrected chi connectivity index (χ0v) is 13.2. The molecule has 2 unspecified atom stereocenters. The first-order valence-electron chi connectivity index (χ1n) is 8.01. The lowest BCUT2D eigenvalue weighted by molar-refractivity contribution is 0.158. The monoisotopic (exact) mass is 254 g/mol. The van der Waals surface area contributed by atoms with Crippen molar-refractivity contribution in [1.29, 1.82) is 0 Å². The van der Waals surface area contributed by atoms with Crippen LogP contribution in [0.4, 0.5) is 0 Å². The quantitative estimate of drug-likeness (QED) is 0.748. The third-order valence-electron chi connectivity index (χ3n) is 4.25. The van der Waals surface area contributed by atoms with Gasteiger partial charge < -0.3 is 10.2 Å². The van der Waals surface area contributed by atoms with Gasteiger partial charge in [0.2, 0.25) is 0 Å². The normalized spacial score (nSPS) is 22.3. The van der Waals surface area contributed by atoms with Crippen LogP contribution in [0.1, 0.15) is 60.3 Å². The summed E-state index contributed by atoms with van der Waals surface area (Å²) in [5.74, 6) is 1.68. The standard InChI is InChI=1S/C16H34N2/c1-6-9-18-10-7-16(8-11-18)15(5)17-14(4)12-13(2)3/h13-17H,6-12H2,1-5H3. The van der Waals surface area contributed by atoms with Crippen LogP contribution in [0.25, 0.3) is 0 Å². The van der Waals surface area contributed by atoms with Gasteiger partial charge in [-0.2, -0.15) is 0 Å². The summed E-state index contributed by atoms with van der Waals surface area (Å²) >= 11 is 0. The zero-order chi connectivity index (χ0) is 13.5. The highest BCUT2D eigenvalue weighted by atomic mass is 15.1. The summed E-state index contributed by atoms with van der Waals surface area (Å²) < 4.78 is 0. The molecule has 1 aliphatic heterocycles. The van der Waals surface area contributed by atoms with E-state index in [2.05, 4.69) is 44.8 Å². The number of hydrogen-bond donors (Lipinski definition) is 1. The van der Waals surface area contributed by atoms with E-state index in [0.717, 1.165) is 11.8 Å². The van der Waals surface area contributed by atoms with Gasteiger partial charge in [0.15, 0.2) is 0 Å². The maximum absolute atomic E-state index is 3.81. The Labute approximate surface area is 115 Å². The Morgan fingerprint density at radius 2 is 1.72 bits per heavy atom. The van der Waals surface area contributed by atoms with Crippen LogP contribution in [0.5, 0.6) is 0 Å². The molecule has 1 fully saturated rings. The fourth-order valence-corrected chi connectivity index (χ4v) is 3.35. The van der Waals surface area contributed by atoms with Crippen molar-refractivity contribution in [2.24, 2.45) is 11.8 Å². The minimum atomic E-state index is 0.661. The van der Waals surface area contributed by atoms with E-state index in [0.29, 0.717) is 12.1 Å². The van der Waals surface area contributed by atoms with Gasteiger partial charge in [-0.05, 0) is 71.0 Å². The highest BCUT2D eigenvalue weighted by Gasteiger charge is 2.24. The largest absolute Gasteiger partial charge is 0.311 e. The average molecular weight is 254 g/mol. The molecule has 1 N–H and O–H groups in total. The van der Waals surface area contributed by atoms with Crippen LogP contribution in [0.15, 0.2) is 0 Å². The van der Waals surface area contributed by atoms with E-state index < -0.39 is 0 Å². The number of piperidine rings is 1. The van der Waals surface area contributed by atoms with Crippen LogP contribution in [0.2, 0.25) is 0 Å². The van der Waals surface area contributed by atoms with Crippen molar-refractivity contribution in [2.45, 2.75) is 72.4 Å². The van der Waals surface area contributed by atoms with Crippen molar-refractivity contribution < 1.29 is 0 Å². The zero-order valence-electron chi connectivity index (χ0n) is 13.2. The van der Waals surface area contributed by atoms with Crippen molar-refractivity contribution in [3.8, 4) is 0 Å². The minimum Gasteiger partial charge on any atom is -0.311 e. The van der Waals surface area contributed by atoms with Gasteiger partial charge in [-0.1, -0.05) is 20.8 Å². The van der Waals surface area contributed by atoms with Gasteiger partial charge in [0.1, 0.15) is 0 Å². The fourth-order valence-electron chi connectivity index (χ4n) is 3.35. The molecule has 1 aliphatic rings. The summed E-state index contributed by atoms with van der Waals surface area (Å²) in [6.07, 6.45) is 5.34. The molecule has 0 aromatic carbocycles. The van der Waals surface area contributed by atoms with E-state index >= 15 is 0 Å². The Balaban J connectivity index is 2.25. The van der Waals surface area contributed by atoms with Gasteiger partial charge in [-0.15, -0.1) is 0 Å². The number of likely N-dealkylation sites (tertiary alicyclic amines) is 1. The molecule has 0 aliphatic carbocycles. The number of rotatable bonds is 7. The van der Waals surface area contributed by atoms with Gasteiger partial charge in [-0.25, -0.2) is 0 Å². The van der Waals surface area contributed by atoms with Gasteiger partial charge in [0, 0.05) is 12.1 Å². The van der Waals surface area contributed by atoms with Crippen LogP contribution in [0.3, 0.4) is 0 Å². The van der Waals surface area contributed by atoms with E-state index in [9.17, 15) is 0 Å². The molecule has 0 radical (unpaired) electrons. The molecule has 0 aromatic heterocycles. The SMILES string of the molecule is CCCN1CCC(C(C)NC(C)CC(C)C)CC1. The van der Waals surface area contributed by atoms with Gasteiger partial charge in [-0.3, -0.25) is 0 Å². The molecule has 0 spiro atoms. The van der Waals surface area contributed by atoms with E-state index in [-0.39, 0.29) is 0 Å². The van der Waals surface area contributed by atoms with Crippen molar-refractivity contribution in [3.63, 3.8) is 0 Å². The lowest BCUT2D eigenvalue weighted by atomic mass is 9.89. The summed E-state index contributed by atoms with van der Waals surface area (Å²) in [4.78, 5) is 2.63. The average Bonchev–Trinajstić information content (AvgIpc) is 2.29. The van der Waals surface area contributed by atoms with Gasteiger partial charge in [0.05, 0.1) is 0 Å². The Kier molecular flexibility index (Phi) is 7.25. The highest BCUT2D eigenvalue weighted by Crippen LogP contribution is 2.21. The second-order valence-corrected chi connectivity index (χ2v) is 6.67. The van der Waals surface area contributed by atoms with Crippen LogP contribution in [-0.2, 0) is 0 Å². The first kappa shape index (κ1) is 16.0. The fraction of sp³-hybridized carbons (Fsp3) is 1.00. The molecule has 2 atom stereocenters. The predicted octanol–water partition coefficient (Wildman–Crippen LogP) is 3.52. The number of nitrogens with zero attached hydrogens (tertiary/aromatic N) is 1. The molecule has 0 amide bonds. The summed E-state index contributed by atoms with van der Waals surface area (Å²) in [5.41, 5.74) is 0. The first-order chi connectivity index (χ1) is 8.52. The molecule has 108 valence electrons. The molecule has 0 bridgehead atoms. The lowest BCUT2D eigenvalue weighted by Gasteiger charge is -2.36. The van der Waals surface area contributed by atoms with Crippen molar-refractivity contribution in [3.05, 3.63) is 0 Å². The summed E-state index contributed by atoms with van der Waals surface area (Å²) in [5, 5.41) is 3.81. The molecule has 0 aromatic rings. The topological polar surface area (TPSA) is 15.3 Å². The maximum Gasteiger partial charge on any atom is 0.00704 e. The molecular formula is C16H34N2. The third kappa shape index (κ3) is 5.71. The Morgan fingerprint density at radius 3 is 2.22 bits per heavy atom. The van der Waals surface area contributed by atoms with E-state index in [1.165, 1.54) is 45.3 Å². The second kappa shape index (κ2) is 8.16. The Hall–Kier alpha value is -0.0800. The number of hydrogen-bond acceptors (Lipinski definition) is 2. The summed E-state index contributed by atoms with van der Waals surface area (Å²) in [7, 11) is 0. The molecule has 2 nitrogen and oxygen atoms in total. The lowest BCUT2D eigenvalue weighted by Crippen LogP contribution is -2.45. The molecular weight excluding hydrogens is 220 g/mol. The van der Waals surface area contributed by atoms with Crippen molar-refractivity contribution in [1.82, 2.24) is 10.2 Å². The maximum atomic E-state index is 3.81. The van der Waals surface area contributed by atoms with Gasteiger partial charge >= 0.3 is 0 Å². The van der Waals surface area contributed by atoms with E-state index in [1.54, 1.807) is 0 Å². The van der Waals surface area contributed by atoms with Crippen LogP contribution >= 0.6 is 0 Å². The summed E-state index contributed by atoms with van der Waals surface area (Å²) in [6, 6.07) is 1.34. The predicted molar refractivity (Wildman–Crippen MR) is 81.0 cm³/mol. The second-order valence-electron chi connectivity index (χ2n) is 6.67. The van der Waals surface area contributed by atoms with Crippen molar-refractivity contribution in [2.75, 3.05) is 19.6 Å². The molecule has 1 saturated heterocycles. The number of nitrogens with one attached hydrogen (secondary N) is 1. The molecule has 18 heavy (non-hydrogen) atoms. The van der Waals surface area contributed by atoms with Crippen LogP contribution in [0, 0.1) is 11.8 Å². The van der Waals surface area contributed by atoms with E-state index in [4.69, 9.17) is 0 Å². The molecule has 1 rings (SSSR count). The first-order valence-corrected chi connectivity index (χ1v) is 8.01.